The zero-order chi connectivity index (χ0) is 19.3. The van der Waals surface area contributed by atoms with Crippen molar-refractivity contribution in [2.24, 2.45) is 0 Å². The quantitative estimate of drug-likeness (QED) is 0.700. The molecule has 0 aromatic heterocycles. The van der Waals surface area contributed by atoms with E-state index in [-0.39, 0.29) is 24.2 Å². The monoisotopic (exact) mass is 398 g/mol. The van der Waals surface area contributed by atoms with Crippen LogP contribution in [0.3, 0.4) is 0 Å². The highest BCUT2D eigenvalue weighted by atomic mass is 35.5. The van der Waals surface area contributed by atoms with Crippen molar-refractivity contribution in [3.8, 4) is 0 Å². The van der Waals surface area contributed by atoms with E-state index in [1.54, 1.807) is 32.2 Å². The molecule has 0 aliphatic carbocycles. The molecule has 0 saturated carbocycles. The second-order valence-corrected chi connectivity index (χ2v) is 6.70. The minimum absolute atomic E-state index is 0.0412. The number of nitrogens with one attached hydrogen (secondary N) is 3. The maximum atomic E-state index is 12.9. The van der Waals surface area contributed by atoms with Crippen LogP contribution in [0.4, 0.5) is 15.8 Å². The van der Waals surface area contributed by atoms with Gasteiger partial charge in [0.1, 0.15) is 5.82 Å². The summed E-state index contributed by atoms with van der Waals surface area (Å²) in [6, 6.07) is 9.89. The number of anilines is 2. The second kappa shape index (κ2) is 8.98. The lowest BCUT2D eigenvalue weighted by Crippen LogP contribution is -3.14. The van der Waals surface area contributed by atoms with Crippen molar-refractivity contribution in [3.63, 3.8) is 0 Å². The number of likely N-dealkylation sites (N-methyl/N-ethyl adjacent to an activating group) is 1. The summed E-state index contributed by atoms with van der Waals surface area (Å²) in [7, 11) is 1.72. The number of quaternary nitrogens is 1. The van der Waals surface area contributed by atoms with E-state index in [9.17, 15) is 14.0 Å². The molecular weight excluding hydrogens is 380 g/mol. The molecule has 2 rings (SSSR count). The van der Waals surface area contributed by atoms with Gasteiger partial charge in [-0.2, -0.15) is 0 Å². The highest BCUT2D eigenvalue weighted by molar-refractivity contribution is 6.39. The second-order valence-electron chi connectivity index (χ2n) is 5.89. The summed E-state index contributed by atoms with van der Waals surface area (Å²) in [6.45, 7) is 1.74. The van der Waals surface area contributed by atoms with E-state index in [2.05, 4.69) is 10.6 Å². The molecule has 138 valence electrons. The molecular formula is C18H19Cl2FN3O2+. The molecule has 0 bridgehead atoms. The van der Waals surface area contributed by atoms with E-state index in [0.29, 0.717) is 26.3 Å². The van der Waals surface area contributed by atoms with E-state index in [4.69, 9.17) is 23.2 Å². The van der Waals surface area contributed by atoms with E-state index in [0.717, 1.165) is 0 Å². The van der Waals surface area contributed by atoms with Crippen LogP contribution in [0, 0.1) is 5.82 Å². The standard InChI is InChI=1S/C18H18Cl2FN3O2/c1-11(18(26)22-13-8-6-12(21)7-9-13)24(2)10-16(25)23-17-14(19)4-3-5-15(17)20/h3-9,11H,10H2,1-2H3,(H,22,26)(H,23,25)/p+1/t11-/m1/s1. The smallest absolute Gasteiger partial charge is 0.282 e. The van der Waals surface area contributed by atoms with Gasteiger partial charge in [0, 0.05) is 5.69 Å². The molecule has 0 heterocycles. The number of carbonyl (C=O) groups excluding carboxylic acids is 2. The Kier molecular flexibility index (Phi) is 6.97. The Labute approximate surface area is 161 Å². The molecule has 3 N–H and O–H groups in total. The molecule has 1 unspecified atom stereocenters. The van der Waals surface area contributed by atoms with Crippen molar-refractivity contribution in [2.45, 2.75) is 13.0 Å². The number of hydrogen-bond acceptors (Lipinski definition) is 2. The third kappa shape index (κ3) is 5.42. The van der Waals surface area contributed by atoms with Crippen molar-refractivity contribution in [3.05, 3.63) is 58.3 Å². The van der Waals surface area contributed by atoms with Gasteiger partial charge in [-0.05, 0) is 43.3 Å². The van der Waals surface area contributed by atoms with Crippen LogP contribution in [0.1, 0.15) is 6.92 Å². The van der Waals surface area contributed by atoms with Crippen LogP contribution in [0.5, 0.6) is 0 Å². The molecule has 2 atom stereocenters. The van der Waals surface area contributed by atoms with Gasteiger partial charge in [0.15, 0.2) is 12.6 Å². The molecule has 0 radical (unpaired) electrons. The molecule has 2 aromatic carbocycles. The molecule has 0 fully saturated rings. The number of hydrogen-bond donors (Lipinski definition) is 3. The maximum absolute atomic E-state index is 12.9. The summed E-state index contributed by atoms with van der Waals surface area (Å²) in [5.74, 6) is -0.981. The van der Waals surface area contributed by atoms with Gasteiger partial charge in [-0.15, -0.1) is 0 Å². The van der Waals surface area contributed by atoms with Gasteiger partial charge in [-0.25, -0.2) is 4.39 Å². The first-order valence-electron chi connectivity index (χ1n) is 7.90. The van der Waals surface area contributed by atoms with Crippen molar-refractivity contribution >= 4 is 46.4 Å². The first kappa shape index (κ1) is 20.2. The average Bonchev–Trinajstić information content (AvgIpc) is 2.59. The van der Waals surface area contributed by atoms with Crippen molar-refractivity contribution < 1.29 is 18.9 Å². The summed E-state index contributed by atoms with van der Waals surface area (Å²) < 4.78 is 12.9. The molecule has 0 spiro atoms. The van der Waals surface area contributed by atoms with Gasteiger partial charge in [0.25, 0.3) is 11.8 Å². The number of carbonyl (C=O) groups is 2. The largest absolute Gasteiger partial charge is 0.321 e. The maximum Gasteiger partial charge on any atom is 0.282 e. The summed E-state index contributed by atoms with van der Waals surface area (Å²) in [5.41, 5.74) is 0.834. The van der Waals surface area contributed by atoms with E-state index >= 15 is 0 Å². The fourth-order valence-corrected chi connectivity index (χ4v) is 2.71. The Morgan fingerprint density at radius 2 is 1.65 bits per heavy atom. The Morgan fingerprint density at radius 1 is 1.08 bits per heavy atom. The molecule has 0 aliphatic heterocycles. The summed E-state index contributed by atoms with van der Waals surface area (Å²) >= 11 is 12.1. The normalized spacial score (nSPS) is 13.0. The van der Waals surface area contributed by atoms with Crippen LogP contribution in [-0.4, -0.2) is 31.4 Å². The van der Waals surface area contributed by atoms with Gasteiger partial charge in [-0.3, -0.25) is 9.59 Å². The lowest BCUT2D eigenvalue weighted by molar-refractivity contribution is -0.885. The van der Waals surface area contributed by atoms with Crippen LogP contribution < -0.4 is 15.5 Å². The lowest BCUT2D eigenvalue weighted by atomic mass is 10.2. The number of rotatable bonds is 6. The Hall–Kier alpha value is -2.15. The lowest BCUT2D eigenvalue weighted by Gasteiger charge is -2.21. The number of benzene rings is 2. The minimum atomic E-state index is -0.507. The fourth-order valence-electron chi connectivity index (χ4n) is 2.21. The van der Waals surface area contributed by atoms with Crippen LogP contribution in [0.15, 0.2) is 42.5 Å². The first-order valence-corrected chi connectivity index (χ1v) is 8.66. The van der Waals surface area contributed by atoms with E-state index in [1.165, 1.54) is 24.3 Å². The van der Waals surface area contributed by atoms with Gasteiger partial charge in [0.05, 0.1) is 22.8 Å². The number of amides is 2. The highest BCUT2D eigenvalue weighted by Gasteiger charge is 2.24. The zero-order valence-corrected chi connectivity index (χ0v) is 15.8. The molecule has 0 saturated heterocycles. The molecule has 0 aliphatic rings. The topological polar surface area (TPSA) is 62.6 Å². The van der Waals surface area contributed by atoms with Crippen LogP contribution in [-0.2, 0) is 9.59 Å². The summed E-state index contributed by atoms with van der Waals surface area (Å²) in [6.07, 6.45) is 0. The van der Waals surface area contributed by atoms with Crippen LogP contribution in [0.25, 0.3) is 0 Å². The predicted molar refractivity (Wildman–Crippen MR) is 101 cm³/mol. The Bertz CT molecular complexity index is 779. The third-order valence-corrected chi connectivity index (χ3v) is 4.54. The summed E-state index contributed by atoms with van der Waals surface area (Å²) in [4.78, 5) is 25.2. The molecule has 2 aromatic rings. The van der Waals surface area contributed by atoms with Gasteiger partial charge in [0.2, 0.25) is 0 Å². The molecule has 5 nitrogen and oxygen atoms in total. The van der Waals surface area contributed by atoms with Gasteiger partial charge >= 0.3 is 0 Å². The van der Waals surface area contributed by atoms with Gasteiger partial charge < -0.3 is 15.5 Å². The Balaban J connectivity index is 1.93. The number of para-hydroxylation sites is 1. The minimum Gasteiger partial charge on any atom is -0.321 e. The number of halogens is 3. The first-order chi connectivity index (χ1) is 12.3. The molecule has 26 heavy (non-hydrogen) atoms. The van der Waals surface area contributed by atoms with Crippen LogP contribution in [0.2, 0.25) is 10.0 Å². The van der Waals surface area contributed by atoms with Crippen molar-refractivity contribution in [1.82, 2.24) is 0 Å². The Morgan fingerprint density at radius 3 is 2.23 bits per heavy atom. The van der Waals surface area contributed by atoms with E-state index in [1.807, 2.05) is 0 Å². The highest BCUT2D eigenvalue weighted by Crippen LogP contribution is 2.29. The average molecular weight is 399 g/mol. The zero-order valence-electron chi connectivity index (χ0n) is 14.3. The fraction of sp³-hybridized carbons (Fsp3) is 0.222. The van der Waals surface area contributed by atoms with Crippen molar-refractivity contribution in [2.75, 3.05) is 24.2 Å². The van der Waals surface area contributed by atoms with Crippen LogP contribution >= 0.6 is 23.2 Å². The van der Waals surface area contributed by atoms with E-state index < -0.39 is 6.04 Å². The molecule has 8 heteroatoms. The SMILES string of the molecule is C[C@H](C(=O)Nc1ccc(F)cc1)[NH+](C)CC(=O)Nc1c(Cl)cccc1Cl. The molecule has 2 amide bonds. The third-order valence-electron chi connectivity index (χ3n) is 3.91. The van der Waals surface area contributed by atoms with Crippen molar-refractivity contribution in [1.29, 1.82) is 0 Å². The summed E-state index contributed by atoms with van der Waals surface area (Å²) in [5, 5.41) is 6.03. The van der Waals surface area contributed by atoms with Gasteiger partial charge in [-0.1, -0.05) is 29.3 Å². The predicted octanol–water partition coefficient (Wildman–Crippen LogP) is 2.61.